The van der Waals surface area contributed by atoms with E-state index < -0.39 is 0 Å². The number of H-pyrrole nitrogens is 1. The van der Waals surface area contributed by atoms with Gasteiger partial charge in [-0.3, -0.25) is 4.79 Å². The number of ether oxygens (including phenoxy) is 1. The van der Waals surface area contributed by atoms with Crippen molar-refractivity contribution in [3.8, 4) is 5.75 Å². The number of nitrogens with zero attached hydrogens (tertiary/aromatic N) is 1. The topological polar surface area (TPSA) is 57.4 Å². The molecule has 1 amide bonds. The molecule has 0 unspecified atom stereocenters. The Balaban J connectivity index is 2.01. The van der Waals surface area contributed by atoms with Crippen LogP contribution in [0.25, 0.3) is 10.9 Å². The lowest BCUT2D eigenvalue weighted by Crippen LogP contribution is -2.46. The molecule has 0 bridgehead atoms. The first-order valence-electron chi connectivity index (χ1n) is 6.87. The smallest absolute Gasteiger partial charge is 0.256 e. The highest BCUT2D eigenvalue weighted by atomic mass is 16.5. The number of rotatable bonds is 2. The molecule has 1 saturated heterocycles. The predicted octanol–water partition coefficient (Wildman–Crippen LogP) is 1.53. The second-order valence-electron chi connectivity index (χ2n) is 5.08. The summed E-state index contributed by atoms with van der Waals surface area (Å²) in [5, 5.41) is 4.23. The van der Waals surface area contributed by atoms with Crippen LogP contribution in [0.4, 0.5) is 0 Å². The summed E-state index contributed by atoms with van der Waals surface area (Å²) in [6.45, 7) is 5.20. The monoisotopic (exact) mass is 273 g/mol. The number of amides is 1. The van der Waals surface area contributed by atoms with Crippen LogP contribution in [0.1, 0.15) is 16.1 Å². The van der Waals surface area contributed by atoms with Crippen LogP contribution in [0, 0.1) is 6.92 Å². The second kappa shape index (κ2) is 5.17. The van der Waals surface area contributed by atoms with Crippen molar-refractivity contribution in [3.05, 3.63) is 29.5 Å². The van der Waals surface area contributed by atoms with Gasteiger partial charge in [-0.2, -0.15) is 0 Å². The van der Waals surface area contributed by atoms with Gasteiger partial charge in [-0.25, -0.2) is 0 Å². The Hall–Kier alpha value is -2.01. The van der Waals surface area contributed by atoms with Crippen molar-refractivity contribution in [1.29, 1.82) is 0 Å². The average Bonchev–Trinajstić information content (AvgIpc) is 2.82. The molecule has 1 aliphatic heterocycles. The Bertz CT molecular complexity index is 642. The number of methoxy groups -OCH3 is 1. The van der Waals surface area contributed by atoms with Gasteiger partial charge in [-0.1, -0.05) is 0 Å². The normalized spacial score (nSPS) is 15.6. The number of aryl methyl sites for hydroxylation is 1. The summed E-state index contributed by atoms with van der Waals surface area (Å²) in [6, 6.07) is 5.77. The molecule has 1 aliphatic rings. The number of fused-ring (bicyclic) bond motifs is 1. The summed E-state index contributed by atoms with van der Waals surface area (Å²) in [4.78, 5) is 17.9. The summed E-state index contributed by atoms with van der Waals surface area (Å²) >= 11 is 0. The molecule has 1 fully saturated rings. The predicted molar refractivity (Wildman–Crippen MR) is 78.4 cm³/mol. The minimum Gasteiger partial charge on any atom is -0.497 e. The molecule has 2 N–H and O–H groups in total. The van der Waals surface area contributed by atoms with Gasteiger partial charge in [-0.05, 0) is 19.1 Å². The van der Waals surface area contributed by atoms with Gasteiger partial charge in [0.05, 0.1) is 18.2 Å². The molecule has 5 heteroatoms. The Labute approximate surface area is 117 Å². The fourth-order valence-electron chi connectivity index (χ4n) is 2.74. The number of benzene rings is 1. The maximum Gasteiger partial charge on any atom is 0.256 e. The van der Waals surface area contributed by atoms with E-state index in [-0.39, 0.29) is 5.91 Å². The fourth-order valence-corrected chi connectivity index (χ4v) is 2.74. The zero-order valence-electron chi connectivity index (χ0n) is 11.8. The largest absolute Gasteiger partial charge is 0.497 e. The van der Waals surface area contributed by atoms with Crippen molar-refractivity contribution in [2.24, 2.45) is 0 Å². The quantitative estimate of drug-likeness (QED) is 0.872. The van der Waals surface area contributed by atoms with Gasteiger partial charge in [0.15, 0.2) is 0 Å². The first kappa shape index (κ1) is 13.0. The number of piperazine rings is 1. The van der Waals surface area contributed by atoms with Gasteiger partial charge >= 0.3 is 0 Å². The molecular formula is C15H19N3O2. The number of aromatic nitrogens is 1. The lowest BCUT2D eigenvalue weighted by atomic mass is 10.1. The third-order valence-corrected chi connectivity index (χ3v) is 3.81. The Kier molecular flexibility index (Phi) is 3.36. The van der Waals surface area contributed by atoms with Crippen LogP contribution in [-0.4, -0.2) is 49.1 Å². The Morgan fingerprint density at radius 3 is 2.75 bits per heavy atom. The lowest BCUT2D eigenvalue weighted by molar-refractivity contribution is 0.0737. The zero-order valence-corrected chi connectivity index (χ0v) is 11.8. The molecule has 0 radical (unpaired) electrons. The van der Waals surface area contributed by atoms with Crippen LogP contribution in [0.5, 0.6) is 5.75 Å². The van der Waals surface area contributed by atoms with E-state index in [0.717, 1.165) is 54.1 Å². The minimum absolute atomic E-state index is 0.111. The maximum atomic E-state index is 12.7. The van der Waals surface area contributed by atoms with Crippen LogP contribution in [0.15, 0.2) is 18.2 Å². The standard InChI is InChI=1S/C15H19N3O2/c1-10-14(15(19)18-7-5-16-6-8-18)12-4-3-11(20-2)9-13(12)17-10/h3-4,9,16-17H,5-8H2,1-2H3. The number of hydrogen-bond acceptors (Lipinski definition) is 3. The first-order chi connectivity index (χ1) is 9.70. The highest BCUT2D eigenvalue weighted by Gasteiger charge is 2.23. The van der Waals surface area contributed by atoms with E-state index in [0.29, 0.717) is 0 Å². The minimum atomic E-state index is 0.111. The average molecular weight is 273 g/mol. The van der Waals surface area contributed by atoms with E-state index in [9.17, 15) is 4.79 Å². The molecule has 2 aromatic rings. The van der Waals surface area contributed by atoms with Crippen LogP contribution in [0.3, 0.4) is 0 Å². The third kappa shape index (κ3) is 2.14. The number of nitrogens with one attached hydrogen (secondary N) is 2. The molecule has 0 atom stereocenters. The molecule has 2 heterocycles. The van der Waals surface area contributed by atoms with Crippen molar-refractivity contribution in [2.45, 2.75) is 6.92 Å². The Morgan fingerprint density at radius 2 is 2.05 bits per heavy atom. The van der Waals surface area contributed by atoms with E-state index >= 15 is 0 Å². The molecule has 20 heavy (non-hydrogen) atoms. The molecule has 0 aliphatic carbocycles. The van der Waals surface area contributed by atoms with E-state index in [4.69, 9.17) is 4.74 Å². The first-order valence-corrected chi connectivity index (χ1v) is 6.87. The van der Waals surface area contributed by atoms with Crippen molar-refractivity contribution < 1.29 is 9.53 Å². The van der Waals surface area contributed by atoms with E-state index in [1.165, 1.54) is 0 Å². The van der Waals surface area contributed by atoms with E-state index in [1.54, 1.807) is 7.11 Å². The molecular weight excluding hydrogens is 254 g/mol. The van der Waals surface area contributed by atoms with Crippen molar-refractivity contribution in [1.82, 2.24) is 15.2 Å². The zero-order chi connectivity index (χ0) is 14.1. The van der Waals surface area contributed by atoms with Gasteiger partial charge in [0.1, 0.15) is 5.75 Å². The number of hydrogen-bond donors (Lipinski definition) is 2. The molecule has 1 aromatic heterocycles. The van der Waals surface area contributed by atoms with Gasteiger partial charge in [0, 0.05) is 43.3 Å². The fraction of sp³-hybridized carbons (Fsp3) is 0.400. The van der Waals surface area contributed by atoms with Crippen molar-refractivity contribution in [3.63, 3.8) is 0 Å². The Morgan fingerprint density at radius 1 is 1.30 bits per heavy atom. The second-order valence-corrected chi connectivity index (χ2v) is 5.08. The van der Waals surface area contributed by atoms with Crippen molar-refractivity contribution >= 4 is 16.8 Å². The third-order valence-electron chi connectivity index (χ3n) is 3.81. The molecule has 106 valence electrons. The van der Waals surface area contributed by atoms with Crippen LogP contribution in [0.2, 0.25) is 0 Å². The van der Waals surface area contributed by atoms with E-state index in [2.05, 4.69) is 10.3 Å². The van der Waals surface area contributed by atoms with Crippen molar-refractivity contribution in [2.75, 3.05) is 33.3 Å². The van der Waals surface area contributed by atoms with Gasteiger partial charge in [0.2, 0.25) is 0 Å². The summed E-state index contributed by atoms with van der Waals surface area (Å²) < 4.78 is 5.22. The summed E-state index contributed by atoms with van der Waals surface area (Å²) in [7, 11) is 1.64. The van der Waals surface area contributed by atoms with Crippen LogP contribution in [-0.2, 0) is 0 Å². The van der Waals surface area contributed by atoms with Crippen LogP contribution >= 0.6 is 0 Å². The summed E-state index contributed by atoms with van der Waals surface area (Å²) in [5.74, 6) is 0.903. The molecule has 0 spiro atoms. The van der Waals surface area contributed by atoms with Gasteiger partial charge in [-0.15, -0.1) is 0 Å². The summed E-state index contributed by atoms with van der Waals surface area (Å²) in [5.41, 5.74) is 2.64. The van der Waals surface area contributed by atoms with Gasteiger partial charge in [0.25, 0.3) is 5.91 Å². The lowest BCUT2D eigenvalue weighted by Gasteiger charge is -2.27. The molecule has 5 nitrogen and oxygen atoms in total. The highest BCUT2D eigenvalue weighted by Crippen LogP contribution is 2.27. The maximum absolute atomic E-state index is 12.7. The SMILES string of the molecule is COc1ccc2c(C(=O)N3CCNCC3)c(C)[nH]c2c1. The number of carbonyl (C=O) groups is 1. The van der Waals surface area contributed by atoms with Crippen LogP contribution < -0.4 is 10.1 Å². The van der Waals surface area contributed by atoms with E-state index in [1.807, 2.05) is 30.0 Å². The molecule has 3 rings (SSSR count). The summed E-state index contributed by atoms with van der Waals surface area (Å²) in [6.07, 6.45) is 0. The molecule has 0 saturated carbocycles. The number of aromatic amines is 1. The molecule has 1 aromatic carbocycles. The highest BCUT2D eigenvalue weighted by molar-refractivity contribution is 6.08. The van der Waals surface area contributed by atoms with Gasteiger partial charge < -0.3 is 19.9 Å². The number of carbonyl (C=O) groups excluding carboxylic acids is 1.